The first-order chi connectivity index (χ1) is 18.4. The summed E-state index contributed by atoms with van der Waals surface area (Å²) in [5.41, 5.74) is 7.23. The van der Waals surface area contributed by atoms with Crippen LogP contribution in [0.5, 0.6) is 0 Å². The van der Waals surface area contributed by atoms with Gasteiger partial charge in [0.2, 0.25) is 6.41 Å². The van der Waals surface area contributed by atoms with E-state index in [1.807, 2.05) is 0 Å². The summed E-state index contributed by atoms with van der Waals surface area (Å²) in [6, 6.07) is 10.7. The van der Waals surface area contributed by atoms with Crippen LogP contribution in [0.15, 0.2) is 42.5 Å². The molecule has 11 heteroatoms. The maximum absolute atomic E-state index is 13.4. The Morgan fingerprint density at radius 2 is 2.00 bits per heavy atom. The van der Waals surface area contributed by atoms with Crippen LogP contribution < -0.4 is 21.3 Å². The minimum Gasteiger partial charge on any atom is -0.381 e. The Morgan fingerprint density at radius 3 is 2.68 bits per heavy atom. The van der Waals surface area contributed by atoms with Crippen LogP contribution in [0.2, 0.25) is 0 Å². The van der Waals surface area contributed by atoms with Crippen molar-refractivity contribution in [1.29, 1.82) is 0 Å². The van der Waals surface area contributed by atoms with E-state index in [1.165, 1.54) is 23.5 Å². The fourth-order valence-electron chi connectivity index (χ4n) is 3.46. The maximum atomic E-state index is 13.4. The first-order valence-electron chi connectivity index (χ1n) is 12.5. The first-order valence-corrected chi connectivity index (χ1v) is 12.5. The molecule has 10 nitrogen and oxygen atoms in total. The van der Waals surface area contributed by atoms with Crippen molar-refractivity contribution in [2.75, 3.05) is 49.7 Å². The highest BCUT2D eigenvalue weighted by molar-refractivity contribution is 5.94. The van der Waals surface area contributed by atoms with Crippen molar-refractivity contribution < 1.29 is 33.4 Å². The molecule has 2 atom stereocenters. The molecule has 5 N–H and O–H groups in total. The molecular formula is C27H37FN4O6. The zero-order chi connectivity index (χ0) is 27.8. The van der Waals surface area contributed by atoms with Gasteiger partial charge in [0, 0.05) is 44.2 Å². The Morgan fingerprint density at radius 1 is 1.24 bits per heavy atom. The number of carbonyl (C=O) groups excluding carboxylic acids is 3. The SMILES string of the molecule is C1CNCCOC1.C[C@H](OCCCN(C=O)c1ccc(F)c(C=O)c1)C(O)C(=O)Nc1ccc(CN)cc1. The molecule has 0 radical (unpaired) electrons. The van der Waals surface area contributed by atoms with Gasteiger partial charge in [0.15, 0.2) is 12.4 Å². The zero-order valence-corrected chi connectivity index (χ0v) is 21.6. The molecule has 0 saturated carbocycles. The van der Waals surface area contributed by atoms with Gasteiger partial charge in [-0.3, -0.25) is 14.4 Å². The number of nitrogens with two attached hydrogens (primary N) is 1. The number of halogens is 1. The second-order valence-electron chi connectivity index (χ2n) is 8.60. The van der Waals surface area contributed by atoms with E-state index in [-0.39, 0.29) is 18.7 Å². The van der Waals surface area contributed by atoms with Crippen molar-refractivity contribution in [1.82, 2.24) is 5.32 Å². The van der Waals surface area contributed by atoms with Crippen molar-refractivity contribution in [3.8, 4) is 0 Å². The number of benzene rings is 2. The molecule has 2 aromatic rings. The summed E-state index contributed by atoms with van der Waals surface area (Å²) in [5, 5.41) is 16.0. The van der Waals surface area contributed by atoms with E-state index < -0.39 is 23.9 Å². The van der Waals surface area contributed by atoms with Gasteiger partial charge in [-0.15, -0.1) is 0 Å². The number of carbonyl (C=O) groups is 3. The van der Waals surface area contributed by atoms with Crippen molar-refractivity contribution in [2.45, 2.75) is 38.5 Å². The lowest BCUT2D eigenvalue weighted by Gasteiger charge is -2.21. The number of anilines is 2. The molecule has 1 fully saturated rings. The second-order valence-corrected chi connectivity index (χ2v) is 8.60. The van der Waals surface area contributed by atoms with Gasteiger partial charge < -0.3 is 35.8 Å². The number of ether oxygens (including phenoxy) is 2. The fourth-order valence-corrected chi connectivity index (χ4v) is 3.46. The van der Waals surface area contributed by atoms with E-state index in [4.69, 9.17) is 15.2 Å². The normalized spacial score (nSPS) is 14.7. The minimum absolute atomic E-state index is 0.138. The predicted molar refractivity (Wildman–Crippen MR) is 143 cm³/mol. The zero-order valence-electron chi connectivity index (χ0n) is 21.6. The van der Waals surface area contributed by atoms with Crippen LogP contribution in [0, 0.1) is 5.82 Å². The number of hydrogen-bond acceptors (Lipinski definition) is 8. The number of nitrogens with zero attached hydrogens (tertiary/aromatic N) is 1. The molecule has 1 unspecified atom stereocenters. The predicted octanol–water partition coefficient (Wildman–Crippen LogP) is 1.85. The van der Waals surface area contributed by atoms with Crippen molar-refractivity contribution in [3.63, 3.8) is 0 Å². The summed E-state index contributed by atoms with van der Waals surface area (Å²) in [6.07, 6.45) is 0.352. The maximum Gasteiger partial charge on any atom is 0.255 e. The average molecular weight is 533 g/mol. The second kappa shape index (κ2) is 17.3. The van der Waals surface area contributed by atoms with Crippen molar-refractivity contribution in [2.24, 2.45) is 5.73 Å². The van der Waals surface area contributed by atoms with Crippen LogP contribution in [0.1, 0.15) is 35.7 Å². The molecule has 0 aromatic heterocycles. The number of hydrogen-bond donors (Lipinski definition) is 4. The van der Waals surface area contributed by atoms with E-state index in [0.29, 0.717) is 37.0 Å². The molecule has 38 heavy (non-hydrogen) atoms. The van der Waals surface area contributed by atoms with Crippen molar-refractivity contribution >= 4 is 30.0 Å². The van der Waals surface area contributed by atoms with Gasteiger partial charge in [0.05, 0.1) is 18.3 Å². The summed E-state index contributed by atoms with van der Waals surface area (Å²) in [7, 11) is 0. The van der Waals surface area contributed by atoms with Gasteiger partial charge in [0.1, 0.15) is 5.82 Å². The smallest absolute Gasteiger partial charge is 0.255 e. The molecule has 1 saturated heterocycles. The molecule has 0 aliphatic carbocycles. The number of nitrogens with one attached hydrogen (secondary N) is 2. The molecule has 1 aliphatic heterocycles. The number of aldehydes is 1. The number of amides is 2. The lowest BCUT2D eigenvalue weighted by atomic mass is 10.2. The molecule has 3 rings (SSSR count). The van der Waals surface area contributed by atoms with Gasteiger partial charge >= 0.3 is 0 Å². The molecule has 2 aromatic carbocycles. The molecule has 1 heterocycles. The summed E-state index contributed by atoms with van der Waals surface area (Å²) in [4.78, 5) is 35.7. The van der Waals surface area contributed by atoms with Crippen molar-refractivity contribution in [3.05, 3.63) is 59.4 Å². The quantitative estimate of drug-likeness (QED) is 0.240. The third kappa shape index (κ3) is 10.6. The number of rotatable bonds is 12. The van der Waals surface area contributed by atoms with Crippen LogP contribution in [0.25, 0.3) is 0 Å². The third-order valence-electron chi connectivity index (χ3n) is 5.73. The number of aliphatic hydroxyl groups excluding tert-OH is 1. The fraction of sp³-hybridized carbons (Fsp3) is 0.444. The van der Waals surface area contributed by atoms with Gasteiger partial charge in [0.25, 0.3) is 5.91 Å². The molecule has 0 bridgehead atoms. The first kappa shape index (κ1) is 31.0. The highest BCUT2D eigenvalue weighted by atomic mass is 19.1. The Hall–Kier alpha value is -3.22. The highest BCUT2D eigenvalue weighted by Crippen LogP contribution is 2.17. The average Bonchev–Trinajstić information content (AvgIpc) is 3.27. The summed E-state index contributed by atoms with van der Waals surface area (Å²) >= 11 is 0. The summed E-state index contributed by atoms with van der Waals surface area (Å²) < 4.78 is 24.1. The monoisotopic (exact) mass is 532 g/mol. The third-order valence-corrected chi connectivity index (χ3v) is 5.73. The summed E-state index contributed by atoms with van der Waals surface area (Å²) in [6.45, 7) is 6.35. The largest absolute Gasteiger partial charge is 0.381 e. The number of aliphatic hydroxyl groups is 1. The molecule has 1 aliphatic rings. The highest BCUT2D eigenvalue weighted by Gasteiger charge is 2.23. The topological polar surface area (TPSA) is 143 Å². The molecule has 208 valence electrons. The molecule has 0 spiro atoms. The Kier molecular flexibility index (Phi) is 14.1. The Labute approximate surface area is 222 Å². The van der Waals surface area contributed by atoms with Gasteiger partial charge in [-0.05, 0) is 62.2 Å². The Bertz CT molecular complexity index is 988. The Balaban J connectivity index is 0.000000624. The lowest BCUT2D eigenvalue weighted by molar-refractivity contribution is -0.131. The van der Waals surface area contributed by atoms with E-state index in [1.54, 1.807) is 31.2 Å². The van der Waals surface area contributed by atoms with Crippen LogP contribution in [0.3, 0.4) is 0 Å². The van der Waals surface area contributed by atoms with Gasteiger partial charge in [-0.1, -0.05) is 12.1 Å². The molecule has 2 amide bonds. The van der Waals surface area contributed by atoms with Crippen LogP contribution in [-0.2, 0) is 25.6 Å². The standard InChI is InChI=1S/C22H26FN3O5.C5H11NO/c1-15(21(29)22(30)25-18-5-3-16(12-24)4-6-18)31-10-2-9-26(14-28)19-7-8-20(23)17(11-19)13-27;1-2-6-3-5-7-4-1/h3-8,11,13-15,21,29H,2,9-10,12,24H2,1H3,(H,25,30);6H,1-5H2/t15-,21?;/m0./s1. The van der Waals surface area contributed by atoms with Crippen LogP contribution in [0.4, 0.5) is 15.8 Å². The van der Waals surface area contributed by atoms with Gasteiger partial charge in [-0.2, -0.15) is 0 Å². The van der Waals surface area contributed by atoms with E-state index in [9.17, 15) is 23.9 Å². The minimum atomic E-state index is -1.39. The van der Waals surface area contributed by atoms with E-state index >= 15 is 0 Å². The van der Waals surface area contributed by atoms with Crippen LogP contribution >= 0.6 is 0 Å². The molecular weight excluding hydrogens is 495 g/mol. The van der Waals surface area contributed by atoms with Crippen LogP contribution in [-0.4, -0.2) is 75.4 Å². The van der Waals surface area contributed by atoms with E-state index in [0.717, 1.165) is 37.9 Å². The summed E-state index contributed by atoms with van der Waals surface area (Å²) in [5.74, 6) is -1.26. The lowest BCUT2D eigenvalue weighted by Crippen LogP contribution is -2.38. The van der Waals surface area contributed by atoms with Gasteiger partial charge in [-0.25, -0.2) is 4.39 Å². The van der Waals surface area contributed by atoms with E-state index in [2.05, 4.69) is 10.6 Å².